The molecule has 1 aliphatic heterocycles. The first-order chi connectivity index (χ1) is 14.5. The molecule has 1 aliphatic rings. The number of benzene rings is 1. The lowest BCUT2D eigenvalue weighted by Gasteiger charge is -2.25. The molecule has 0 saturated carbocycles. The van der Waals surface area contributed by atoms with Crippen LogP contribution < -0.4 is 10.6 Å². The number of guanidine groups is 1. The van der Waals surface area contributed by atoms with Gasteiger partial charge < -0.3 is 15.4 Å². The van der Waals surface area contributed by atoms with Crippen LogP contribution in [0.25, 0.3) is 0 Å². The van der Waals surface area contributed by atoms with Gasteiger partial charge in [0.1, 0.15) is 12.4 Å². The number of nitrogens with one attached hydrogen (secondary N) is 2. The smallest absolute Gasteiger partial charge is 0.191 e. The molecule has 3 rings (SSSR count). The molecule has 164 valence electrons. The second kappa shape index (κ2) is 10.5. The Morgan fingerprint density at radius 2 is 2.13 bits per heavy atom. The van der Waals surface area contributed by atoms with Gasteiger partial charge in [-0.1, -0.05) is 18.2 Å². The van der Waals surface area contributed by atoms with Crippen LogP contribution >= 0.6 is 0 Å². The highest BCUT2D eigenvalue weighted by Crippen LogP contribution is 2.14. The van der Waals surface area contributed by atoms with E-state index >= 15 is 0 Å². The molecular weight excluding hydrogens is 404 g/mol. The van der Waals surface area contributed by atoms with Gasteiger partial charge in [0.2, 0.25) is 0 Å². The number of nitrogens with zero attached hydrogens (tertiary/aromatic N) is 4. The first-order valence-corrected chi connectivity index (χ1v) is 11.9. The van der Waals surface area contributed by atoms with Gasteiger partial charge in [-0.05, 0) is 31.9 Å². The number of methoxy groups -OCH3 is 1. The van der Waals surface area contributed by atoms with E-state index in [1.165, 1.54) is 0 Å². The maximum atomic E-state index is 12.4. The number of sulfone groups is 1. The highest BCUT2D eigenvalue weighted by molar-refractivity contribution is 7.91. The predicted octanol–water partition coefficient (Wildman–Crippen LogP) is 1.16. The minimum absolute atomic E-state index is 0.0773. The molecule has 2 heterocycles. The zero-order valence-electron chi connectivity index (χ0n) is 17.5. The Balaban J connectivity index is 1.53. The minimum Gasteiger partial charge on any atom is -0.377 e. The number of fused-ring (bicyclic) bond motifs is 1. The molecule has 0 aliphatic carbocycles. The lowest BCUT2D eigenvalue weighted by molar-refractivity contribution is 0.177. The van der Waals surface area contributed by atoms with E-state index in [1.807, 2.05) is 17.7 Å². The second-order valence-corrected chi connectivity index (χ2v) is 9.29. The molecule has 0 spiro atoms. The van der Waals surface area contributed by atoms with Crippen LogP contribution in [0.4, 0.5) is 0 Å². The monoisotopic (exact) mass is 434 g/mol. The largest absolute Gasteiger partial charge is 0.377 e. The van der Waals surface area contributed by atoms with Crippen molar-refractivity contribution in [1.29, 1.82) is 0 Å². The summed E-state index contributed by atoms with van der Waals surface area (Å²) in [6.45, 7) is 4.28. The average Bonchev–Trinajstić information content (AvgIpc) is 3.14. The van der Waals surface area contributed by atoms with Crippen molar-refractivity contribution in [3.05, 3.63) is 42.0 Å². The Hall–Kier alpha value is -2.46. The average molecular weight is 435 g/mol. The number of aryl methyl sites for hydroxylation is 1. The SMILES string of the molecule is CCNC(=NCCCS(=O)(=O)c1ccccc1)NC1CCc2nc(COC)nn2C1. The van der Waals surface area contributed by atoms with Crippen LogP contribution in [0.1, 0.15) is 31.4 Å². The van der Waals surface area contributed by atoms with E-state index in [0.29, 0.717) is 42.8 Å². The van der Waals surface area contributed by atoms with Crippen LogP contribution in [0.5, 0.6) is 0 Å². The van der Waals surface area contributed by atoms with Gasteiger partial charge in [-0.3, -0.25) is 4.99 Å². The van der Waals surface area contributed by atoms with Crippen molar-refractivity contribution < 1.29 is 13.2 Å². The molecule has 1 atom stereocenters. The van der Waals surface area contributed by atoms with Gasteiger partial charge in [0.15, 0.2) is 21.6 Å². The van der Waals surface area contributed by atoms with Gasteiger partial charge >= 0.3 is 0 Å². The van der Waals surface area contributed by atoms with Crippen molar-refractivity contribution >= 4 is 15.8 Å². The van der Waals surface area contributed by atoms with Crippen molar-refractivity contribution in [2.45, 2.75) is 50.3 Å². The quantitative estimate of drug-likeness (QED) is 0.346. The zero-order valence-corrected chi connectivity index (χ0v) is 18.4. The normalized spacial score (nSPS) is 16.9. The van der Waals surface area contributed by atoms with Crippen molar-refractivity contribution in [2.24, 2.45) is 4.99 Å². The van der Waals surface area contributed by atoms with E-state index in [0.717, 1.165) is 25.2 Å². The predicted molar refractivity (Wildman–Crippen MR) is 115 cm³/mol. The number of rotatable bonds is 9. The Morgan fingerprint density at radius 3 is 2.87 bits per heavy atom. The fraction of sp³-hybridized carbons (Fsp3) is 0.550. The maximum Gasteiger partial charge on any atom is 0.191 e. The van der Waals surface area contributed by atoms with E-state index < -0.39 is 9.84 Å². The lowest BCUT2D eigenvalue weighted by Crippen LogP contribution is -2.47. The molecular formula is C20H30N6O3S. The molecule has 10 heteroatoms. The summed E-state index contributed by atoms with van der Waals surface area (Å²) in [7, 11) is -1.64. The van der Waals surface area contributed by atoms with Crippen molar-refractivity contribution in [1.82, 2.24) is 25.4 Å². The molecule has 1 unspecified atom stereocenters. The number of hydrogen-bond donors (Lipinski definition) is 2. The van der Waals surface area contributed by atoms with E-state index in [-0.39, 0.29) is 11.8 Å². The molecule has 9 nitrogen and oxygen atoms in total. The van der Waals surface area contributed by atoms with Crippen LogP contribution in [0, 0.1) is 0 Å². The molecule has 0 saturated heterocycles. The Kier molecular flexibility index (Phi) is 7.81. The summed E-state index contributed by atoms with van der Waals surface area (Å²) in [6, 6.07) is 8.72. The molecule has 30 heavy (non-hydrogen) atoms. The van der Waals surface area contributed by atoms with Crippen LogP contribution in [-0.4, -0.2) is 61.1 Å². The molecule has 0 radical (unpaired) electrons. The lowest BCUT2D eigenvalue weighted by atomic mass is 10.1. The first kappa shape index (κ1) is 22.2. The maximum absolute atomic E-state index is 12.4. The summed E-state index contributed by atoms with van der Waals surface area (Å²) >= 11 is 0. The van der Waals surface area contributed by atoms with Gasteiger partial charge in [-0.25, -0.2) is 18.1 Å². The fourth-order valence-corrected chi connectivity index (χ4v) is 4.69. The zero-order chi connectivity index (χ0) is 21.4. The Bertz CT molecular complexity index is 943. The fourth-order valence-electron chi connectivity index (χ4n) is 3.37. The van der Waals surface area contributed by atoms with Gasteiger partial charge in [0, 0.05) is 32.7 Å². The summed E-state index contributed by atoms with van der Waals surface area (Å²) in [6.07, 6.45) is 2.23. The minimum atomic E-state index is -3.27. The molecule has 1 aromatic heterocycles. The van der Waals surface area contributed by atoms with Crippen LogP contribution in [0.3, 0.4) is 0 Å². The summed E-state index contributed by atoms with van der Waals surface area (Å²) in [5.74, 6) is 2.45. The number of hydrogen-bond acceptors (Lipinski definition) is 6. The van der Waals surface area contributed by atoms with E-state index in [9.17, 15) is 8.42 Å². The third-order valence-electron chi connectivity index (χ3n) is 4.80. The molecule has 0 bridgehead atoms. The third-order valence-corrected chi connectivity index (χ3v) is 6.62. The van der Waals surface area contributed by atoms with Gasteiger partial charge in [0.25, 0.3) is 0 Å². The molecule has 1 aromatic carbocycles. The molecule has 0 amide bonds. The Labute approximate surface area is 177 Å². The third kappa shape index (κ3) is 6.02. The topological polar surface area (TPSA) is 110 Å². The van der Waals surface area contributed by atoms with Gasteiger partial charge in [-0.2, -0.15) is 5.10 Å². The molecule has 2 aromatic rings. The highest BCUT2D eigenvalue weighted by atomic mass is 32.2. The number of aromatic nitrogens is 3. The highest BCUT2D eigenvalue weighted by Gasteiger charge is 2.22. The van der Waals surface area contributed by atoms with Crippen molar-refractivity contribution in [3.63, 3.8) is 0 Å². The van der Waals surface area contributed by atoms with Gasteiger partial charge in [-0.15, -0.1) is 0 Å². The second-order valence-electron chi connectivity index (χ2n) is 7.19. The summed E-state index contributed by atoms with van der Waals surface area (Å²) < 4.78 is 31.8. The van der Waals surface area contributed by atoms with E-state index in [2.05, 4.69) is 25.7 Å². The van der Waals surface area contributed by atoms with E-state index in [1.54, 1.807) is 31.4 Å². The van der Waals surface area contributed by atoms with Crippen LogP contribution in [-0.2, 0) is 34.1 Å². The first-order valence-electron chi connectivity index (χ1n) is 10.3. The molecule has 2 N–H and O–H groups in total. The summed E-state index contributed by atoms with van der Waals surface area (Å²) in [5, 5.41) is 11.2. The molecule has 0 fully saturated rings. The summed E-state index contributed by atoms with van der Waals surface area (Å²) in [4.78, 5) is 9.41. The van der Waals surface area contributed by atoms with Crippen LogP contribution in [0.2, 0.25) is 0 Å². The standard InChI is InChI=1S/C20H30N6O3S/c1-3-21-20(22-12-7-13-30(27,28)17-8-5-4-6-9-17)23-16-10-11-19-24-18(15-29-2)25-26(19)14-16/h4-6,8-9,16H,3,7,10-15H2,1-2H3,(H2,21,22,23). The number of aliphatic imine (C=N–C) groups is 1. The van der Waals surface area contributed by atoms with Crippen LogP contribution in [0.15, 0.2) is 40.2 Å². The van der Waals surface area contributed by atoms with Crippen molar-refractivity contribution in [2.75, 3.05) is 26.0 Å². The summed E-state index contributed by atoms with van der Waals surface area (Å²) in [5.41, 5.74) is 0. The van der Waals surface area contributed by atoms with E-state index in [4.69, 9.17) is 4.74 Å². The Morgan fingerprint density at radius 1 is 1.33 bits per heavy atom. The van der Waals surface area contributed by atoms with Gasteiger partial charge in [0.05, 0.1) is 17.2 Å². The number of ether oxygens (including phenoxy) is 1. The van der Waals surface area contributed by atoms with Crippen molar-refractivity contribution in [3.8, 4) is 0 Å².